The number of anilines is 1. The summed E-state index contributed by atoms with van der Waals surface area (Å²) in [6, 6.07) is 13.0. The van der Waals surface area contributed by atoms with E-state index in [1.165, 1.54) is 0 Å². The normalized spacial score (nSPS) is 13.6. The number of esters is 1. The maximum Gasteiger partial charge on any atom is 0.338 e. The van der Waals surface area contributed by atoms with Gasteiger partial charge in [-0.1, -0.05) is 39.0 Å². The van der Waals surface area contributed by atoms with Gasteiger partial charge in [0, 0.05) is 0 Å². The lowest BCUT2D eigenvalue weighted by atomic mass is 9.87. The number of ether oxygens (including phenoxy) is 2. The molecule has 2 aromatic carbocycles. The second kappa shape index (κ2) is 7.43. The topological polar surface area (TPSA) is 55.8 Å². The van der Waals surface area contributed by atoms with E-state index < -0.39 is 5.97 Å². The van der Waals surface area contributed by atoms with Gasteiger partial charge in [0.2, 0.25) is 0 Å². The van der Waals surface area contributed by atoms with Crippen molar-refractivity contribution in [1.29, 1.82) is 0 Å². The van der Waals surface area contributed by atoms with Gasteiger partial charge in [-0.05, 0) is 47.7 Å². The van der Waals surface area contributed by atoms with E-state index in [1.807, 2.05) is 37.3 Å². The second-order valence-corrected chi connectivity index (χ2v) is 7.77. The summed E-state index contributed by atoms with van der Waals surface area (Å²) in [5.74, 6) is -0.0874. The van der Waals surface area contributed by atoms with Gasteiger partial charge in [0.05, 0.1) is 17.8 Å². The lowest BCUT2D eigenvalue weighted by Gasteiger charge is -2.29. The number of rotatable bonds is 3. The number of hydrogen-bond donors (Lipinski definition) is 0. The minimum Gasteiger partial charge on any atom is -0.490 e. The number of amides is 1. The van der Waals surface area contributed by atoms with Gasteiger partial charge < -0.3 is 14.4 Å². The molecule has 142 valence electrons. The first-order valence-corrected chi connectivity index (χ1v) is 9.07. The van der Waals surface area contributed by atoms with E-state index in [0.717, 1.165) is 16.8 Å². The third-order valence-corrected chi connectivity index (χ3v) is 4.59. The zero-order chi connectivity index (χ0) is 19.6. The molecule has 0 saturated heterocycles. The Morgan fingerprint density at radius 2 is 1.81 bits per heavy atom. The molecule has 1 heterocycles. The molecule has 0 spiro atoms. The molecule has 0 fully saturated rings. The van der Waals surface area contributed by atoms with Crippen LogP contribution in [0.15, 0.2) is 42.5 Å². The minimum absolute atomic E-state index is 0.0141. The van der Waals surface area contributed by atoms with Gasteiger partial charge in [0.15, 0.2) is 6.61 Å². The maximum atomic E-state index is 12.6. The van der Waals surface area contributed by atoms with E-state index in [-0.39, 0.29) is 17.9 Å². The highest BCUT2D eigenvalue weighted by Gasteiger charge is 2.25. The van der Waals surface area contributed by atoms with E-state index in [9.17, 15) is 9.59 Å². The van der Waals surface area contributed by atoms with Crippen molar-refractivity contribution in [2.75, 3.05) is 24.7 Å². The maximum absolute atomic E-state index is 12.6. The van der Waals surface area contributed by atoms with Crippen molar-refractivity contribution < 1.29 is 19.1 Å². The summed E-state index contributed by atoms with van der Waals surface area (Å²) in [4.78, 5) is 26.5. The molecule has 0 bridgehead atoms. The van der Waals surface area contributed by atoms with Gasteiger partial charge >= 0.3 is 5.97 Å². The molecule has 27 heavy (non-hydrogen) atoms. The average Bonchev–Trinajstić information content (AvgIpc) is 2.64. The summed E-state index contributed by atoms with van der Waals surface area (Å²) in [6.07, 6.45) is 0. The van der Waals surface area contributed by atoms with E-state index >= 15 is 0 Å². The quantitative estimate of drug-likeness (QED) is 0.773. The number of carbonyl (C=O) groups excluding carboxylic acids is 2. The molecule has 2 aromatic rings. The predicted molar refractivity (Wildman–Crippen MR) is 104 cm³/mol. The summed E-state index contributed by atoms with van der Waals surface area (Å²) < 4.78 is 10.8. The Bertz CT molecular complexity index is 850. The number of nitrogens with zero attached hydrogens (tertiary/aromatic N) is 1. The lowest BCUT2D eigenvalue weighted by Crippen LogP contribution is -2.40. The number of fused-ring (bicyclic) bond motifs is 1. The van der Waals surface area contributed by atoms with E-state index in [0.29, 0.717) is 24.5 Å². The number of hydrogen-bond acceptors (Lipinski definition) is 4. The third-order valence-electron chi connectivity index (χ3n) is 4.59. The Kier molecular flexibility index (Phi) is 5.22. The number of aryl methyl sites for hydroxylation is 1. The Balaban J connectivity index is 1.65. The van der Waals surface area contributed by atoms with Crippen LogP contribution in [-0.2, 0) is 14.9 Å². The highest BCUT2D eigenvalue weighted by molar-refractivity contribution is 5.98. The molecular formula is C22H25NO4. The smallest absolute Gasteiger partial charge is 0.338 e. The van der Waals surface area contributed by atoms with Crippen LogP contribution in [0.2, 0.25) is 0 Å². The van der Waals surface area contributed by atoms with Gasteiger partial charge in [-0.2, -0.15) is 0 Å². The first-order valence-electron chi connectivity index (χ1n) is 9.07. The predicted octanol–water partition coefficient (Wildman–Crippen LogP) is 3.87. The summed E-state index contributed by atoms with van der Waals surface area (Å²) in [7, 11) is 0. The molecule has 5 nitrogen and oxygen atoms in total. The van der Waals surface area contributed by atoms with E-state index in [2.05, 4.69) is 20.8 Å². The van der Waals surface area contributed by atoms with Gasteiger partial charge in [0.1, 0.15) is 12.4 Å². The van der Waals surface area contributed by atoms with Gasteiger partial charge in [0.25, 0.3) is 5.91 Å². The van der Waals surface area contributed by atoms with Crippen molar-refractivity contribution in [1.82, 2.24) is 0 Å². The van der Waals surface area contributed by atoms with Crippen LogP contribution in [0.5, 0.6) is 5.75 Å². The zero-order valence-electron chi connectivity index (χ0n) is 16.2. The molecule has 0 atom stereocenters. The van der Waals surface area contributed by atoms with Gasteiger partial charge in [-0.15, -0.1) is 0 Å². The monoisotopic (exact) mass is 367 g/mol. The van der Waals surface area contributed by atoms with Crippen LogP contribution in [0.3, 0.4) is 0 Å². The Morgan fingerprint density at radius 1 is 1.11 bits per heavy atom. The zero-order valence-corrected chi connectivity index (χ0v) is 16.2. The summed E-state index contributed by atoms with van der Waals surface area (Å²) in [6.45, 7) is 8.85. The van der Waals surface area contributed by atoms with Crippen molar-refractivity contribution in [2.24, 2.45) is 0 Å². The molecule has 3 rings (SSSR count). The summed E-state index contributed by atoms with van der Waals surface area (Å²) in [5, 5.41) is 0. The number of benzene rings is 2. The van der Waals surface area contributed by atoms with Crippen molar-refractivity contribution in [3.63, 3.8) is 0 Å². The third kappa shape index (κ3) is 4.30. The Morgan fingerprint density at radius 3 is 2.48 bits per heavy atom. The molecule has 0 aliphatic carbocycles. The standard InChI is InChI=1S/C22H25NO4/c1-15-5-10-19-18(13-15)23(11-12-26-19)20(24)14-27-21(25)16-6-8-17(9-7-16)22(2,3)4/h5-10,13H,11-12,14H2,1-4H3. The largest absolute Gasteiger partial charge is 0.490 e. The van der Waals surface area contributed by atoms with E-state index in [4.69, 9.17) is 9.47 Å². The van der Waals surface area contributed by atoms with Crippen LogP contribution in [-0.4, -0.2) is 31.6 Å². The minimum atomic E-state index is -0.499. The molecular weight excluding hydrogens is 342 g/mol. The van der Waals surface area contributed by atoms with Crippen LogP contribution in [0.4, 0.5) is 5.69 Å². The van der Waals surface area contributed by atoms with Crippen LogP contribution in [0.1, 0.15) is 42.3 Å². The molecule has 0 saturated carbocycles. The fraction of sp³-hybridized carbons (Fsp3) is 0.364. The van der Waals surface area contributed by atoms with E-state index in [1.54, 1.807) is 17.0 Å². The first-order chi connectivity index (χ1) is 12.8. The highest BCUT2D eigenvalue weighted by atomic mass is 16.5. The second-order valence-electron chi connectivity index (χ2n) is 7.77. The SMILES string of the molecule is Cc1ccc2c(c1)N(C(=O)COC(=O)c1ccc(C(C)(C)C)cc1)CCO2. The molecule has 1 aliphatic heterocycles. The fourth-order valence-electron chi connectivity index (χ4n) is 2.98. The van der Waals surface area contributed by atoms with Crippen molar-refractivity contribution in [2.45, 2.75) is 33.1 Å². The van der Waals surface area contributed by atoms with Crippen molar-refractivity contribution >= 4 is 17.6 Å². The average molecular weight is 367 g/mol. The fourth-order valence-corrected chi connectivity index (χ4v) is 2.98. The molecule has 1 amide bonds. The van der Waals surface area contributed by atoms with Crippen LogP contribution >= 0.6 is 0 Å². The van der Waals surface area contributed by atoms with Crippen LogP contribution in [0.25, 0.3) is 0 Å². The molecule has 0 aromatic heterocycles. The molecule has 5 heteroatoms. The van der Waals surface area contributed by atoms with Crippen molar-refractivity contribution in [3.05, 3.63) is 59.2 Å². The van der Waals surface area contributed by atoms with Crippen LogP contribution < -0.4 is 9.64 Å². The van der Waals surface area contributed by atoms with Crippen molar-refractivity contribution in [3.8, 4) is 5.75 Å². The molecule has 0 unspecified atom stereocenters. The summed E-state index contributed by atoms with van der Waals surface area (Å²) in [5.41, 5.74) is 3.34. The summed E-state index contributed by atoms with van der Waals surface area (Å²) >= 11 is 0. The lowest BCUT2D eigenvalue weighted by molar-refractivity contribution is -0.121. The molecule has 0 N–H and O–H groups in total. The van der Waals surface area contributed by atoms with Crippen LogP contribution in [0, 0.1) is 6.92 Å². The van der Waals surface area contributed by atoms with Gasteiger partial charge in [-0.25, -0.2) is 4.79 Å². The number of carbonyl (C=O) groups is 2. The van der Waals surface area contributed by atoms with Gasteiger partial charge in [-0.3, -0.25) is 4.79 Å². The molecule has 1 aliphatic rings. The Labute approximate surface area is 159 Å². The first kappa shape index (κ1) is 19.0. The Hall–Kier alpha value is -2.82. The molecule has 0 radical (unpaired) electrons. The highest BCUT2D eigenvalue weighted by Crippen LogP contribution is 2.32.